The first-order valence-corrected chi connectivity index (χ1v) is 5.92. The number of hydrogen-bond donors (Lipinski definition) is 0. The summed E-state index contributed by atoms with van der Waals surface area (Å²) in [5.74, 6) is -1.01. The average molecular weight is 285 g/mol. The van der Waals surface area contributed by atoms with Crippen molar-refractivity contribution in [3.8, 4) is 0 Å². The smallest absolute Gasteiger partial charge is 0.131 e. The molecule has 0 nitrogen and oxygen atoms in total. The van der Waals surface area contributed by atoms with Crippen LogP contribution in [0.15, 0.2) is 48.5 Å². The summed E-state index contributed by atoms with van der Waals surface area (Å²) in [4.78, 5) is 0. The molecule has 0 aliphatic carbocycles. The van der Waals surface area contributed by atoms with Gasteiger partial charge in [-0.15, -0.1) is 0 Å². The first-order chi connectivity index (χ1) is 8.61. The van der Waals surface area contributed by atoms with Crippen molar-refractivity contribution in [3.63, 3.8) is 0 Å². The first kappa shape index (κ1) is 13.1. The summed E-state index contributed by atoms with van der Waals surface area (Å²) in [6.45, 7) is 0. The number of halogens is 4. The zero-order chi connectivity index (χ0) is 13.1. The molecule has 0 saturated carbocycles. The Morgan fingerprint density at radius 3 is 1.33 bits per heavy atom. The predicted molar refractivity (Wildman–Crippen MR) is 71.3 cm³/mol. The molecule has 0 aliphatic rings. The van der Waals surface area contributed by atoms with E-state index in [4.69, 9.17) is 23.2 Å². The molecule has 4 heteroatoms. The van der Waals surface area contributed by atoms with E-state index in [1.807, 2.05) is 0 Å². The normalized spacial score (nSPS) is 12.2. The monoisotopic (exact) mass is 284 g/mol. The van der Waals surface area contributed by atoms with Crippen molar-refractivity contribution in [1.82, 2.24) is 0 Å². The van der Waals surface area contributed by atoms with Gasteiger partial charge in [-0.05, 0) is 12.1 Å². The molecule has 0 N–H and O–H groups in total. The lowest BCUT2D eigenvalue weighted by Crippen LogP contribution is -1.89. The van der Waals surface area contributed by atoms with E-state index in [0.29, 0.717) is 0 Å². The van der Waals surface area contributed by atoms with Gasteiger partial charge in [0.15, 0.2) is 0 Å². The van der Waals surface area contributed by atoms with E-state index >= 15 is 0 Å². The highest BCUT2D eigenvalue weighted by Gasteiger charge is 2.13. The van der Waals surface area contributed by atoms with Crippen molar-refractivity contribution in [1.29, 1.82) is 0 Å². The molecule has 0 unspecified atom stereocenters. The Morgan fingerprint density at radius 2 is 1.00 bits per heavy atom. The zero-order valence-electron chi connectivity index (χ0n) is 9.13. The van der Waals surface area contributed by atoms with Gasteiger partial charge >= 0.3 is 0 Å². The van der Waals surface area contributed by atoms with Crippen LogP contribution in [0.2, 0.25) is 0 Å². The van der Waals surface area contributed by atoms with E-state index in [1.54, 1.807) is 24.3 Å². The molecule has 2 rings (SSSR count). The van der Waals surface area contributed by atoms with E-state index in [-0.39, 0.29) is 21.2 Å². The van der Waals surface area contributed by atoms with E-state index in [9.17, 15) is 8.78 Å². The summed E-state index contributed by atoms with van der Waals surface area (Å²) in [6.07, 6.45) is 0. The molecule has 0 radical (unpaired) electrons. The van der Waals surface area contributed by atoms with Gasteiger partial charge in [-0.1, -0.05) is 59.6 Å². The maximum absolute atomic E-state index is 13.5. The summed E-state index contributed by atoms with van der Waals surface area (Å²) in [5, 5.41) is -0.0280. The van der Waals surface area contributed by atoms with Gasteiger partial charge in [-0.3, -0.25) is 0 Å². The van der Waals surface area contributed by atoms with E-state index < -0.39 is 11.6 Å². The first-order valence-electron chi connectivity index (χ1n) is 5.16. The Morgan fingerprint density at radius 1 is 0.667 bits per heavy atom. The summed E-state index contributed by atoms with van der Waals surface area (Å²) in [6, 6.07) is 11.9. The average Bonchev–Trinajstić information content (AvgIpc) is 2.38. The predicted octanol–water partition coefficient (Wildman–Crippen LogP) is 5.27. The van der Waals surface area contributed by atoms with Crippen molar-refractivity contribution >= 4 is 33.3 Å². The molecule has 0 saturated heterocycles. The third-order valence-electron chi connectivity index (χ3n) is 2.41. The minimum atomic E-state index is -0.503. The molecule has 2 aromatic carbocycles. The van der Waals surface area contributed by atoms with Crippen LogP contribution in [-0.4, -0.2) is 0 Å². The third kappa shape index (κ3) is 2.55. The van der Waals surface area contributed by atoms with Crippen molar-refractivity contribution in [2.75, 3.05) is 0 Å². The summed E-state index contributed by atoms with van der Waals surface area (Å²) in [7, 11) is 0. The SMILES string of the molecule is Fc1ccccc1/C(Cl)=C(\Cl)c1ccccc1F. The summed E-state index contributed by atoms with van der Waals surface area (Å²) in [5.41, 5.74) is 0.292. The fourth-order valence-corrected chi connectivity index (χ4v) is 2.03. The molecule has 0 aromatic heterocycles. The Balaban J connectivity index is 2.55. The van der Waals surface area contributed by atoms with Crippen molar-refractivity contribution in [2.24, 2.45) is 0 Å². The number of rotatable bonds is 2. The van der Waals surface area contributed by atoms with Crippen LogP contribution in [0.3, 0.4) is 0 Å². The van der Waals surface area contributed by atoms with Crippen LogP contribution >= 0.6 is 23.2 Å². The second kappa shape index (κ2) is 5.51. The maximum atomic E-state index is 13.5. The molecule has 0 heterocycles. The van der Waals surface area contributed by atoms with Crippen LogP contribution in [0.5, 0.6) is 0 Å². The van der Waals surface area contributed by atoms with Crippen molar-refractivity contribution in [2.45, 2.75) is 0 Å². The van der Waals surface area contributed by atoms with Gasteiger partial charge in [0.25, 0.3) is 0 Å². The highest BCUT2D eigenvalue weighted by molar-refractivity contribution is 6.65. The molecule has 0 spiro atoms. The minimum absolute atomic E-state index is 0.0140. The van der Waals surface area contributed by atoms with Gasteiger partial charge in [0, 0.05) is 11.1 Å². The molecule has 18 heavy (non-hydrogen) atoms. The molecular formula is C14H8Cl2F2. The van der Waals surface area contributed by atoms with Crippen LogP contribution in [0.25, 0.3) is 10.1 Å². The van der Waals surface area contributed by atoms with E-state index in [0.717, 1.165) is 0 Å². The lowest BCUT2D eigenvalue weighted by Gasteiger charge is -2.06. The number of benzene rings is 2. The lowest BCUT2D eigenvalue weighted by atomic mass is 10.1. The van der Waals surface area contributed by atoms with Gasteiger partial charge < -0.3 is 0 Å². The topological polar surface area (TPSA) is 0 Å². The zero-order valence-corrected chi connectivity index (χ0v) is 10.6. The van der Waals surface area contributed by atoms with Gasteiger partial charge in [-0.25, -0.2) is 8.78 Å². The molecule has 0 atom stereocenters. The summed E-state index contributed by atoms with van der Waals surface area (Å²) >= 11 is 12.0. The largest absolute Gasteiger partial charge is 0.206 e. The highest BCUT2D eigenvalue weighted by Crippen LogP contribution is 2.34. The van der Waals surface area contributed by atoms with Crippen molar-refractivity contribution in [3.05, 3.63) is 71.3 Å². The van der Waals surface area contributed by atoms with E-state index in [1.165, 1.54) is 24.3 Å². The van der Waals surface area contributed by atoms with Crippen LogP contribution in [0.4, 0.5) is 8.78 Å². The van der Waals surface area contributed by atoms with Gasteiger partial charge in [0.1, 0.15) is 11.6 Å². The van der Waals surface area contributed by atoms with Crippen molar-refractivity contribution < 1.29 is 8.78 Å². The standard InChI is InChI=1S/C14H8Cl2F2/c15-13(9-5-1-3-7-11(9)17)14(16)10-6-2-4-8-12(10)18/h1-8H/b14-13+. The molecule has 0 fully saturated rings. The molecule has 0 aliphatic heterocycles. The molecule has 0 bridgehead atoms. The second-order valence-corrected chi connectivity index (χ2v) is 4.34. The lowest BCUT2D eigenvalue weighted by molar-refractivity contribution is 0.623. The van der Waals surface area contributed by atoms with Crippen LogP contribution in [0.1, 0.15) is 11.1 Å². The van der Waals surface area contributed by atoms with Gasteiger partial charge in [0.05, 0.1) is 10.1 Å². The molecule has 92 valence electrons. The molecule has 2 aromatic rings. The second-order valence-electron chi connectivity index (χ2n) is 3.59. The maximum Gasteiger partial charge on any atom is 0.131 e. The Kier molecular flexibility index (Phi) is 4.00. The van der Waals surface area contributed by atoms with Crippen LogP contribution in [-0.2, 0) is 0 Å². The molecular weight excluding hydrogens is 277 g/mol. The minimum Gasteiger partial charge on any atom is -0.206 e. The van der Waals surface area contributed by atoms with Crippen LogP contribution < -0.4 is 0 Å². The van der Waals surface area contributed by atoms with Crippen LogP contribution in [0, 0.1) is 11.6 Å². The Hall–Kier alpha value is -1.38. The highest BCUT2D eigenvalue weighted by atomic mass is 35.5. The van der Waals surface area contributed by atoms with E-state index in [2.05, 4.69) is 0 Å². The Bertz CT molecular complexity index is 553. The quantitative estimate of drug-likeness (QED) is 0.659. The number of hydrogen-bond acceptors (Lipinski definition) is 0. The molecule has 0 amide bonds. The summed E-state index contributed by atoms with van der Waals surface area (Å²) < 4.78 is 27.1. The van der Waals surface area contributed by atoms with Gasteiger partial charge in [0.2, 0.25) is 0 Å². The fraction of sp³-hybridized carbons (Fsp3) is 0. The van der Waals surface area contributed by atoms with Gasteiger partial charge in [-0.2, -0.15) is 0 Å². The fourth-order valence-electron chi connectivity index (χ4n) is 1.51. The Labute approximate surface area is 113 Å². The third-order valence-corrected chi connectivity index (χ3v) is 3.30.